The summed E-state index contributed by atoms with van der Waals surface area (Å²) in [7, 11) is 5.24. The number of hydrogen-bond acceptors (Lipinski definition) is 3. The molecule has 0 aliphatic carbocycles. The van der Waals surface area contributed by atoms with E-state index in [-0.39, 0.29) is 0 Å². The van der Waals surface area contributed by atoms with Crippen LogP contribution in [-0.2, 0) is 7.05 Å². The lowest BCUT2D eigenvalue weighted by Crippen LogP contribution is -1.94. The van der Waals surface area contributed by atoms with Gasteiger partial charge in [-0.15, -0.1) is 0 Å². The highest BCUT2D eigenvalue weighted by atomic mass is 16.5. The van der Waals surface area contributed by atoms with Gasteiger partial charge in [0.1, 0.15) is 11.5 Å². The summed E-state index contributed by atoms with van der Waals surface area (Å²) in [5.74, 6) is 1.38. The molecule has 0 radical (unpaired) electrons. The number of methoxy groups -OCH3 is 2. The molecule has 0 saturated carbocycles. The van der Waals surface area contributed by atoms with E-state index >= 15 is 0 Å². The largest absolute Gasteiger partial charge is 0.497 e. The first-order valence-electron chi connectivity index (χ1n) is 7.55. The van der Waals surface area contributed by atoms with Crippen molar-refractivity contribution >= 4 is 16.5 Å². The molecule has 0 amide bonds. The van der Waals surface area contributed by atoms with Crippen LogP contribution >= 0.6 is 0 Å². The van der Waals surface area contributed by atoms with Gasteiger partial charge in [0.15, 0.2) is 0 Å². The maximum Gasteiger partial charge on any atom is 0.123 e. The Morgan fingerprint density at radius 2 is 1.71 bits per heavy atom. The Balaban J connectivity index is 2.18. The second kappa shape index (κ2) is 6.51. The van der Waals surface area contributed by atoms with Gasteiger partial charge >= 0.3 is 0 Å². The molecular weight excluding hydrogens is 300 g/mol. The highest BCUT2D eigenvalue weighted by Crippen LogP contribution is 2.32. The van der Waals surface area contributed by atoms with Crippen LogP contribution in [0.4, 0.5) is 0 Å². The first kappa shape index (κ1) is 15.7. The summed E-state index contributed by atoms with van der Waals surface area (Å²) >= 11 is 0. The van der Waals surface area contributed by atoms with Crippen molar-refractivity contribution in [2.75, 3.05) is 14.2 Å². The van der Waals surface area contributed by atoms with Gasteiger partial charge in [0.25, 0.3) is 0 Å². The van der Waals surface area contributed by atoms with E-state index in [4.69, 9.17) is 9.47 Å². The Morgan fingerprint density at radius 3 is 2.33 bits per heavy atom. The molecule has 0 atom stereocenters. The summed E-state index contributed by atoms with van der Waals surface area (Å²) in [5.41, 5.74) is 3.80. The van der Waals surface area contributed by atoms with Crippen LogP contribution in [0.1, 0.15) is 11.1 Å². The maximum atomic E-state index is 9.25. The number of nitrogens with zero attached hydrogens (tertiary/aromatic N) is 2. The molecule has 0 fully saturated rings. The molecule has 24 heavy (non-hydrogen) atoms. The Kier molecular flexibility index (Phi) is 4.26. The number of benzene rings is 2. The summed E-state index contributed by atoms with van der Waals surface area (Å²) in [6.07, 6.45) is 3.58. The minimum absolute atomic E-state index is 0.688. The van der Waals surface area contributed by atoms with Crippen molar-refractivity contribution in [1.29, 1.82) is 5.26 Å². The number of fused-ring (bicyclic) bond motifs is 1. The molecule has 4 nitrogen and oxygen atoms in total. The average Bonchev–Trinajstić information content (AvgIpc) is 2.99. The molecule has 0 bridgehead atoms. The number of ether oxygens (including phenoxy) is 2. The quantitative estimate of drug-likeness (QED) is 0.679. The van der Waals surface area contributed by atoms with Crippen molar-refractivity contribution in [2.45, 2.75) is 0 Å². The van der Waals surface area contributed by atoms with E-state index in [1.165, 1.54) is 5.39 Å². The SMILES string of the molecule is COc1cc(OC)cc(/C(=C/C#N)c2ccc3ccn(C)c3c2)c1. The van der Waals surface area contributed by atoms with Crippen LogP contribution in [0.15, 0.2) is 54.7 Å². The topological polar surface area (TPSA) is 47.2 Å². The fourth-order valence-corrected chi connectivity index (χ4v) is 2.79. The normalized spacial score (nSPS) is 11.3. The van der Waals surface area contributed by atoms with E-state index in [1.807, 2.05) is 37.5 Å². The third-order valence-electron chi connectivity index (χ3n) is 4.07. The summed E-state index contributed by atoms with van der Waals surface area (Å²) < 4.78 is 12.8. The van der Waals surface area contributed by atoms with Gasteiger partial charge in [0.2, 0.25) is 0 Å². The second-order valence-corrected chi connectivity index (χ2v) is 5.49. The Morgan fingerprint density at radius 1 is 1.00 bits per heavy atom. The van der Waals surface area contributed by atoms with E-state index in [9.17, 15) is 5.26 Å². The Bertz CT molecular complexity index is 939. The summed E-state index contributed by atoms with van der Waals surface area (Å²) in [6, 6.07) is 16.0. The number of aryl methyl sites for hydroxylation is 1. The van der Waals surface area contributed by atoms with Crippen LogP contribution < -0.4 is 9.47 Å². The third kappa shape index (κ3) is 2.84. The fraction of sp³-hybridized carbons (Fsp3) is 0.150. The zero-order chi connectivity index (χ0) is 17.1. The van der Waals surface area contributed by atoms with Crippen LogP contribution in [0.5, 0.6) is 11.5 Å². The summed E-state index contributed by atoms with van der Waals surface area (Å²) in [6.45, 7) is 0. The van der Waals surface area contributed by atoms with Crippen molar-refractivity contribution < 1.29 is 9.47 Å². The van der Waals surface area contributed by atoms with Gasteiger partial charge in [-0.05, 0) is 46.4 Å². The molecule has 1 heterocycles. The van der Waals surface area contributed by atoms with Crippen molar-refractivity contribution in [2.24, 2.45) is 7.05 Å². The van der Waals surface area contributed by atoms with E-state index in [0.717, 1.165) is 22.2 Å². The number of rotatable bonds is 4. The number of nitriles is 1. The molecule has 3 rings (SSSR count). The minimum atomic E-state index is 0.688. The standard InChI is InChI=1S/C20H18N2O2/c1-22-9-7-14-4-5-15(12-20(14)22)19(6-8-21)16-10-17(23-2)13-18(11-16)24-3/h4-7,9-13H,1-3H3/b19-6+. The predicted molar refractivity (Wildman–Crippen MR) is 95.2 cm³/mol. The molecule has 0 spiro atoms. The molecular formula is C20H18N2O2. The molecule has 2 aromatic carbocycles. The van der Waals surface area contributed by atoms with Gasteiger partial charge in [0, 0.05) is 30.9 Å². The van der Waals surface area contributed by atoms with Gasteiger partial charge in [-0.2, -0.15) is 5.26 Å². The third-order valence-corrected chi connectivity index (χ3v) is 4.07. The molecule has 1 aromatic heterocycles. The van der Waals surface area contributed by atoms with E-state index in [0.29, 0.717) is 11.5 Å². The van der Waals surface area contributed by atoms with Gasteiger partial charge in [0.05, 0.1) is 20.3 Å². The van der Waals surface area contributed by atoms with E-state index in [1.54, 1.807) is 20.3 Å². The molecule has 0 saturated heterocycles. The molecule has 3 aromatic rings. The first-order valence-corrected chi connectivity index (χ1v) is 7.55. The van der Waals surface area contributed by atoms with E-state index in [2.05, 4.69) is 28.8 Å². The summed E-state index contributed by atoms with van der Waals surface area (Å²) in [4.78, 5) is 0. The van der Waals surface area contributed by atoms with Gasteiger partial charge in [-0.3, -0.25) is 0 Å². The van der Waals surface area contributed by atoms with Gasteiger partial charge in [-0.1, -0.05) is 12.1 Å². The molecule has 120 valence electrons. The lowest BCUT2D eigenvalue weighted by Gasteiger charge is -2.12. The lowest BCUT2D eigenvalue weighted by molar-refractivity contribution is 0.394. The highest BCUT2D eigenvalue weighted by Gasteiger charge is 2.11. The molecule has 0 unspecified atom stereocenters. The molecule has 4 heteroatoms. The molecule has 0 aliphatic rings. The van der Waals surface area contributed by atoms with Crippen LogP contribution in [0, 0.1) is 11.3 Å². The molecule has 0 N–H and O–H groups in total. The second-order valence-electron chi connectivity index (χ2n) is 5.49. The zero-order valence-electron chi connectivity index (χ0n) is 13.9. The maximum absolute atomic E-state index is 9.25. The van der Waals surface area contributed by atoms with Gasteiger partial charge in [-0.25, -0.2) is 0 Å². The number of allylic oxidation sites excluding steroid dienone is 1. The van der Waals surface area contributed by atoms with E-state index < -0.39 is 0 Å². The van der Waals surface area contributed by atoms with Crippen LogP contribution in [-0.4, -0.2) is 18.8 Å². The highest BCUT2D eigenvalue weighted by molar-refractivity contribution is 5.89. The zero-order valence-corrected chi connectivity index (χ0v) is 13.9. The van der Waals surface area contributed by atoms with Crippen LogP contribution in [0.3, 0.4) is 0 Å². The first-order chi connectivity index (χ1) is 11.7. The fourth-order valence-electron chi connectivity index (χ4n) is 2.79. The van der Waals surface area contributed by atoms with Crippen LogP contribution in [0.25, 0.3) is 16.5 Å². The number of aromatic nitrogens is 1. The van der Waals surface area contributed by atoms with Crippen molar-refractivity contribution in [3.8, 4) is 17.6 Å². The van der Waals surface area contributed by atoms with Crippen molar-refractivity contribution in [1.82, 2.24) is 4.57 Å². The molecule has 0 aliphatic heterocycles. The van der Waals surface area contributed by atoms with Crippen LogP contribution in [0.2, 0.25) is 0 Å². The van der Waals surface area contributed by atoms with Crippen molar-refractivity contribution in [3.05, 3.63) is 65.9 Å². The summed E-state index contributed by atoms with van der Waals surface area (Å²) in [5, 5.41) is 10.4. The monoisotopic (exact) mass is 318 g/mol. The average molecular weight is 318 g/mol. The predicted octanol–water partition coefficient (Wildman–Crippen LogP) is 4.15. The Hall–Kier alpha value is -3.19. The minimum Gasteiger partial charge on any atom is -0.497 e. The number of hydrogen-bond donors (Lipinski definition) is 0. The Labute approximate surface area is 141 Å². The van der Waals surface area contributed by atoms with Crippen molar-refractivity contribution in [3.63, 3.8) is 0 Å². The smallest absolute Gasteiger partial charge is 0.123 e. The van der Waals surface area contributed by atoms with Gasteiger partial charge < -0.3 is 14.0 Å². The lowest BCUT2D eigenvalue weighted by atomic mass is 9.96.